The van der Waals surface area contributed by atoms with Crippen molar-refractivity contribution in [2.24, 2.45) is 0 Å². The molecule has 0 aliphatic heterocycles. The van der Waals surface area contributed by atoms with Crippen LogP contribution >= 0.6 is 0 Å². The second-order valence-corrected chi connectivity index (χ2v) is 6.69. The van der Waals surface area contributed by atoms with Gasteiger partial charge in [0.05, 0.1) is 16.8 Å². The molecule has 8 nitrogen and oxygen atoms in total. The summed E-state index contributed by atoms with van der Waals surface area (Å²) in [6.45, 7) is 0. The van der Waals surface area contributed by atoms with Crippen LogP contribution in [0.15, 0.2) is 78.5 Å². The molecule has 1 aromatic heterocycles. The molecule has 0 fully saturated rings. The van der Waals surface area contributed by atoms with Gasteiger partial charge >= 0.3 is 0 Å². The van der Waals surface area contributed by atoms with Gasteiger partial charge in [-0.3, -0.25) is 20.0 Å². The second-order valence-electron chi connectivity index (χ2n) is 6.69. The van der Waals surface area contributed by atoms with Crippen LogP contribution in [0.1, 0.15) is 5.56 Å². The van der Waals surface area contributed by atoms with Crippen molar-refractivity contribution in [3.63, 3.8) is 0 Å². The average molecular weight is 409 g/mol. The Bertz CT molecular complexity index is 1380. The molecule has 0 atom stereocenters. The highest BCUT2D eigenvalue weighted by atomic mass is 16.6. The highest BCUT2D eigenvalue weighted by Crippen LogP contribution is 2.27. The number of nitro groups is 1. The average Bonchev–Trinajstić information content (AvgIpc) is 3.25. The van der Waals surface area contributed by atoms with Gasteiger partial charge in [-0.1, -0.05) is 42.5 Å². The molecule has 0 saturated heterocycles. The summed E-state index contributed by atoms with van der Waals surface area (Å²) in [5.74, 6) is -0.566. The first-order chi connectivity index (χ1) is 15.0. The molecule has 4 aromatic rings. The topological polar surface area (TPSA) is 125 Å². The smallest absolute Gasteiger partial charge is 0.270 e. The van der Waals surface area contributed by atoms with Crippen molar-refractivity contribution in [1.82, 2.24) is 10.2 Å². The van der Waals surface area contributed by atoms with Crippen molar-refractivity contribution in [2.75, 3.05) is 5.32 Å². The number of carbonyl (C=O) groups excluding carboxylic acids is 1. The highest BCUT2D eigenvalue weighted by molar-refractivity contribution is 6.10. The van der Waals surface area contributed by atoms with E-state index in [0.29, 0.717) is 22.5 Å². The number of nitro benzene ring substituents is 1. The van der Waals surface area contributed by atoms with Gasteiger partial charge in [-0.2, -0.15) is 10.4 Å². The lowest BCUT2D eigenvalue weighted by Gasteiger charge is -2.06. The maximum atomic E-state index is 12.7. The predicted octanol–water partition coefficient (Wildman–Crippen LogP) is 4.68. The summed E-state index contributed by atoms with van der Waals surface area (Å²) in [6.07, 6.45) is 2.85. The monoisotopic (exact) mass is 409 g/mol. The number of H-pyrrole nitrogens is 1. The minimum absolute atomic E-state index is 0.0726. The molecule has 150 valence electrons. The van der Waals surface area contributed by atoms with Crippen LogP contribution in [0.4, 0.5) is 11.4 Å². The minimum Gasteiger partial charge on any atom is -0.321 e. The number of aromatic amines is 1. The Balaban J connectivity index is 1.62. The normalized spacial score (nSPS) is 11.1. The van der Waals surface area contributed by atoms with Gasteiger partial charge in [0, 0.05) is 28.9 Å². The first-order valence-electron chi connectivity index (χ1n) is 9.25. The Labute approximate surface area is 176 Å². The maximum Gasteiger partial charge on any atom is 0.270 e. The summed E-state index contributed by atoms with van der Waals surface area (Å²) in [6, 6.07) is 21.1. The van der Waals surface area contributed by atoms with E-state index in [1.165, 1.54) is 24.4 Å². The highest BCUT2D eigenvalue weighted by Gasteiger charge is 2.15. The molecule has 0 unspecified atom stereocenters. The number of anilines is 1. The van der Waals surface area contributed by atoms with E-state index >= 15 is 0 Å². The lowest BCUT2D eigenvalue weighted by atomic mass is 10.1. The summed E-state index contributed by atoms with van der Waals surface area (Å²) in [7, 11) is 0. The van der Waals surface area contributed by atoms with Crippen LogP contribution in [0.2, 0.25) is 0 Å². The third-order valence-electron chi connectivity index (χ3n) is 4.69. The fourth-order valence-corrected chi connectivity index (χ4v) is 3.18. The molecule has 0 radical (unpaired) electrons. The third-order valence-corrected chi connectivity index (χ3v) is 4.69. The number of nitrogens with one attached hydrogen (secondary N) is 2. The molecule has 0 spiro atoms. The van der Waals surface area contributed by atoms with Crippen molar-refractivity contribution in [1.29, 1.82) is 5.26 Å². The van der Waals surface area contributed by atoms with Gasteiger partial charge in [0.2, 0.25) is 0 Å². The van der Waals surface area contributed by atoms with E-state index in [2.05, 4.69) is 15.5 Å². The van der Waals surface area contributed by atoms with Gasteiger partial charge in [0.1, 0.15) is 11.6 Å². The molecule has 0 aliphatic rings. The molecular formula is C23H15N5O3. The number of aromatic nitrogens is 2. The van der Waals surface area contributed by atoms with Crippen molar-refractivity contribution < 1.29 is 9.72 Å². The number of non-ortho nitro benzene ring substituents is 1. The van der Waals surface area contributed by atoms with Gasteiger partial charge in [0.15, 0.2) is 0 Å². The number of amides is 1. The Morgan fingerprint density at radius 3 is 2.68 bits per heavy atom. The van der Waals surface area contributed by atoms with E-state index < -0.39 is 10.8 Å². The molecule has 3 aromatic carbocycles. The number of rotatable bonds is 5. The Morgan fingerprint density at radius 2 is 1.90 bits per heavy atom. The quantitative estimate of drug-likeness (QED) is 0.214. The number of benzene rings is 3. The Morgan fingerprint density at radius 1 is 1.10 bits per heavy atom. The van der Waals surface area contributed by atoms with Crippen LogP contribution in [0.3, 0.4) is 0 Å². The van der Waals surface area contributed by atoms with Gasteiger partial charge in [-0.05, 0) is 29.0 Å². The third kappa shape index (κ3) is 4.16. The molecule has 2 N–H and O–H groups in total. The summed E-state index contributed by atoms with van der Waals surface area (Å²) in [5, 5.41) is 32.0. The van der Waals surface area contributed by atoms with Crippen molar-refractivity contribution in [3.05, 3.63) is 94.2 Å². The number of carbonyl (C=O) groups is 1. The van der Waals surface area contributed by atoms with E-state index in [4.69, 9.17) is 0 Å². The second kappa shape index (κ2) is 8.31. The first kappa shape index (κ1) is 19.5. The molecule has 0 bridgehead atoms. The number of fused-ring (bicyclic) bond motifs is 1. The molecule has 0 saturated carbocycles. The Hall–Kier alpha value is -4.77. The number of nitrogens with zero attached hydrogens (tertiary/aromatic N) is 3. The van der Waals surface area contributed by atoms with E-state index in [1.54, 1.807) is 18.2 Å². The zero-order chi connectivity index (χ0) is 21.8. The zero-order valence-electron chi connectivity index (χ0n) is 16.1. The minimum atomic E-state index is -0.566. The predicted molar refractivity (Wildman–Crippen MR) is 117 cm³/mol. The summed E-state index contributed by atoms with van der Waals surface area (Å²) in [5.41, 5.74) is 1.82. The summed E-state index contributed by atoms with van der Waals surface area (Å²) >= 11 is 0. The molecule has 0 aliphatic carbocycles. The van der Waals surface area contributed by atoms with Crippen molar-refractivity contribution >= 4 is 34.1 Å². The Kier molecular flexibility index (Phi) is 5.24. The van der Waals surface area contributed by atoms with Crippen LogP contribution in [0.5, 0.6) is 0 Å². The van der Waals surface area contributed by atoms with Crippen LogP contribution in [-0.4, -0.2) is 21.0 Å². The lowest BCUT2D eigenvalue weighted by Crippen LogP contribution is -2.13. The van der Waals surface area contributed by atoms with Crippen LogP contribution < -0.4 is 5.32 Å². The largest absolute Gasteiger partial charge is 0.321 e. The van der Waals surface area contributed by atoms with Gasteiger partial charge in [-0.25, -0.2) is 0 Å². The van der Waals surface area contributed by atoms with E-state index in [9.17, 15) is 20.2 Å². The van der Waals surface area contributed by atoms with E-state index in [-0.39, 0.29) is 11.3 Å². The molecule has 8 heteroatoms. The fraction of sp³-hybridized carbons (Fsp3) is 0. The fourth-order valence-electron chi connectivity index (χ4n) is 3.18. The number of hydrogen-bond donors (Lipinski definition) is 2. The van der Waals surface area contributed by atoms with Gasteiger partial charge in [-0.15, -0.1) is 0 Å². The number of nitriles is 1. The maximum absolute atomic E-state index is 12.7. The van der Waals surface area contributed by atoms with Crippen molar-refractivity contribution in [2.45, 2.75) is 0 Å². The van der Waals surface area contributed by atoms with Crippen LogP contribution in [-0.2, 0) is 4.79 Å². The zero-order valence-corrected chi connectivity index (χ0v) is 16.1. The van der Waals surface area contributed by atoms with Crippen LogP contribution in [0.25, 0.3) is 28.1 Å². The molecule has 31 heavy (non-hydrogen) atoms. The van der Waals surface area contributed by atoms with Crippen molar-refractivity contribution in [3.8, 4) is 17.3 Å². The van der Waals surface area contributed by atoms with E-state index in [1.807, 2.05) is 42.5 Å². The van der Waals surface area contributed by atoms with Crippen LogP contribution in [0, 0.1) is 21.4 Å². The summed E-state index contributed by atoms with van der Waals surface area (Å²) < 4.78 is 0. The SMILES string of the molecule is N#CC(=Cc1cn[nH]c1-c1cccc([N+](=O)[O-])c1)C(=O)Nc1ccc2ccccc2c1. The molecular weight excluding hydrogens is 394 g/mol. The summed E-state index contributed by atoms with van der Waals surface area (Å²) in [4.78, 5) is 23.2. The lowest BCUT2D eigenvalue weighted by molar-refractivity contribution is -0.384. The molecule has 1 heterocycles. The van der Waals surface area contributed by atoms with Gasteiger partial charge < -0.3 is 5.32 Å². The first-order valence-corrected chi connectivity index (χ1v) is 9.25. The molecule has 1 amide bonds. The van der Waals surface area contributed by atoms with Gasteiger partial charge in [0.25, 0.3) is 11.6 Å². The standard InChI is InChI=1S/C23H15N5O3/c24-13-18(23(29)26-20-9-8-15-4-1-2-5-16(15)11-20)10-19-14-25-27-22(19)17-6-3-7-21(12-17)28(30)31/h1-12,14H,(H,25,27)(H,26,29). The van der Waals surface area contributed by atoms with E-state index in [0.717, 1.165) is 10.8 Å². The number of hydrogen-bond acceptors (Lipinski definition) is 5. The molecule has 4 rings (SSSR count).